The summed E-state index contributed by atoms with van der Waals surface area (Å²) < 4.78 is 13.4. The molecule has 2 heterocycles. The van der Waals surface area contributed by atoms with E-state index in [0.29, 0.717) is 6.61 Å². The lowest BCUT2D eigenvalue weighted by Crippen LogP contribution is -2.22. The predicted molar refractivity (Wildman–Crippen MR) is 112 cm³/mol. The molecule has 0 fully saturated rings. The van der Waals surface area contributed by atoms with Crippen molar-refractivity contribution in [2.75, 3.05) is 0 Å². The van der Waals surface area contributed by atoms with Crippen molar-refractivity contribution in [2.24, 2.45) is 7.05 Å². The third-order valence-electron chi connectivity index (χ3n) is 4.83. The number of nitrogens with zero attached hydrogens (tertiary/aromatic N) is 3. The maximum atomic E-state index is 5.86. The zero-order valence-corrected chi connectivity index (χ0v) is 16.6. The van der Waals surface area contributed by atoms with Gasteiger partial charge >= 0.3 is 0 Å². The summed E-state index contributed by atoms with van der Waals surface area (Å²) in [7, 11) is 1.97. The van der Waals surface area contributed by atoms with Crippen LogP contribution in [0.3, 0.4) is 0 Å². The van der Waals surface area contributed by atoms with Crippen LogP contribution in [-0.2, 0) is 33.3 Å². The van der Waals surface area contributed by atoms with Crippen LogP contribution < -0.4 is 4.74 Å². The fraction of sp³-hybridized carbons (Fsp3) is 0.208. The molecule has 0 amide bonds. The van der Waals surface area contributed by atoms with Crippen molar-refractivity contribution in [2.45, 2.75) is 26.2 Å². The maximum Gasteiger partial charge on any atom is 0.146 e. The van der Waals surface area contributed by atoms with E-state index in [1.54, 1.807) is 12.5 Å². The summed E-state index contributed by atoms with van der Waals surface area (Å²) in [5.74, 6) is 2.72. The Morgan fingerprint density at radius 2 is 1.66 bits per heavy atom. The highest BCUT2D eigenvalue weighted by molar-refractivity contribution is 5.27. The molecule has 0 radical (unpaired) electrons. The first-order valence-corrected chi connectivity index (χ1v) is 9.73. The zero-order valence-electron chi connectivity index (χ0n) is 16.6. The summed E-state index contributed by atoms with van der Waals surface area (Å²) in [5.41, 5.74) is 2.52. The molecule has 0 N–H and O–H groups in total. The van der Waals surface area contributed by atoms with E-state index in [2.05, 4.69) is 46.3 Å². The van der Waals surface area contributed by atoms with Crippen LogP contribution in [0.4, 0.5) is 0 Å². The Kier molecular flexibility index (Phi) is 6.07. The predicted octanol–water partition coefficient (Wildman–Crippen LogP) is 4.79. The molecule has 148 valence electrons. The fourth-order valence-electron chi connectivity index (χ4n) is 3.26. The topological polar surface area (TPSA) is 43.4 Å². The Bertz CT molecular complexity index is 992. The van der Waals surface area contributed by atoms with E-state index in [1.165, 1.54) is 11.1 Å². The third-order valence-corrected chi connectivity index (χ3v) is 4.83. The van der Waals surface area contributed by atoms with Crippen molar-refractivity contribution in [3.05, 3.63) is 108 Å². The normalized spacial score (nSPS) is 11.1. The van der Waals surface area contributed by atoms with Crippen LogP contribution in [0.5, 0.6) is 5.75 Å². The maximum absolute atomic E-state index is 5.86. The second kappa shape index (κ2) is 9.26. The van der Waals surface area contributed by atoms with Crippen molar-refractivity contribution >= 4 is 0 Å². The molecule has 4 rings (SSSR count). The summed E-state index contributed by atoms with van der Waals surface area (Å²) in [6.45, 7) is 2.91. The first-order chi connectivity index (χ1) is 14.3. The molecule has 2 aromatic carbocycles. The van der Waals surface area contributed by atoms with Gasteiger partial charge in [0.2, 0.25) is 0 Å². The third kappa shape index (κ3) is 5.36. The van der Waals surface area contributed by atoms with Gasteiger partial charge in [0.1, 0.15) is 23.9 Å². The van der Waals surface area contributed by atoms with Gasteiger partial charge in [-0.2, -0.15) is 0 Å². The van der Waals surface area contributed by atoms with E-state index >= 15 is 0 Å². The van der Waals surface area contributed by atoms with E-state index < -0.39 is 0 Å². The van der Waals surface area contributed by atoms with Crippen molar-refractivity contribution in [1.29, 1.82) is 0 Å². The monoisotopic (exact) mass is 387 g/mol. The molecule has 0 aliphatic rings. The minimum Gasteiger partial charge on any atom is -0.486 e. The second-order valence-corrected chi connectivity index (χ2v) is 7.10. The van der Waals surface area contributed by atoms with Crippen LogP contribution in [0.15, 0.2) is 89.8 Å². The summed E-state index contributed by atoms with van der Waals surface area (Å²) in [6.07, 6.45) is 5.42. The number of rotatable bonds is 9. The molecular formula is C24H25N3O2. The number of hydrogen-bond donors (Lipinski definition) is 0. The highest BCUT2D eigenvalue weighted by Crippen LogP contribution is 2.18. The van der Waals surface area contributed by atoms with Crippen molar-refractivity contribution in [1.82, 2.24) is 14.5 Å². The Balaban J connectivity index is 1.40. The largest absolute Gasteiger partial charge is 0.486 e. The molecule has 0 saturated heterocycles. The lowest BCUT2D eigenvalue weighted by molar-refractivity contribution is 0.226. The smallest absolute Gasteiger partial charge is 0.146 e. The van der Waals surface area contributed by atoms with Gasteiger partial charge in [-0.1, -0.05) is 42.5 Å². The minimum absolute atomic E-state index is 0.460. The van der Waals surface area contributed by atoms with Gasteiger partial charge in [-0.05, 0) is 35.4 Å². The number of aromatic nitrogens is 2. The van der Waals surface area contributed by atoms with Gasteiger partial charge in [0, 0.05) is 32.5 Å². The van der Waals surface area contributed by atoms with Gasteiger partial charge in [-0.25, -0.2) is 4.98 Å². The minimum atomic E-state index is 0.460. The Morgan fingerprint density at radius 1 is 0.897 bits per heavy atom. The highest BCUT2D eigenvalue weighted by atomic mass is 16.5. The number of imidazole rings is 1. The van der Waals surface area contributed by atoms with Gasteiger partial charge < -0.3 is 13.7 Å². The molecule has 0 saturated carbocycles. The van der Waals surface area contributed by atoms with E-state index in [-0.39, 0.29) is 0 Å². The van der Waals surface area contributed by atoms with Crippen molar-refractivity contribution in [3.63, 3.8) is 0 Å². The number of aryl methyl sites for hydroxylation is 1. The van der Waals surface area contributed by atoms with Gasteiger partial charge in [0.05, 0.1) is 12.8 Å². The molecule has 5 nitrogen and oxygen atoms in total. The van der Waals surface area contributed by atoms with Gasteiger partial charge in [-0.15, -0.1) is 0 Å². The molecule has 0 atom stereocenters. The molecule has 0 spiro atoms. The molecule has 5 heteroatoms. The standard InChI is InChI=1S/C24H25N3O2/c1-26-14-13-25-24(26)19-29-22-11-9-21(10-12-22)17-27(18-23-8-5-15-28-23)16-20-6-3-2-4-7-20/h2-15H,16-19H2,1H3. The van der Waals surface area contributed by atoms with Gasteiger partial charge in [-0.3, -0.25) is 4.90 Å². The number of hydrogen-bond acceptors (Lipinski definition) is 4. The Hall–Kier alpha value is -3.31. The quantitative estimate of drug-likeness (QED) is 0.414. The summed E-state index contributed by atoms with van der Waals surface area (Å²) >= 11 is 0. The van der Waals surface area contributed by atoms with Crippen molar-refractivity contribution in [3.8, 4) is 5.75 Å². The zero-order chi connectivity index (χ0) is 19.9. The van der Waals surface area contributed by atoms with Gasteiger partial charge in [0.15, 0.2) is 0 Å². The molecule has 0 unspecified atom stereocenters. The lowest BCUT2D eigenvalue weighted by Gasteiger charge is -2.21. The fourth-order valence-corrected chi connectivity index (χ4v) is 3.26. The molecular weight excluding hydrogens is 362 g/mol. The van der Waals surface area contributed by atoms with Crippen LogP contribution in [0, 0.1) is 0 Å². The molecule has 0 bridgehead atoms. The molecule has 4 aromatic rings. The molecule has 29 heavy (non-hydrogen) atoms. The molecule has 0 aliphatic carbocycles. The van der Waals surface area contributed by atoms with Gasteiger partial charge in [0.25, 0.3) is 0 Å². The second-order valence-electron chi connectivity index (χ2n) is 7.10. The highest BCUT2D eigenvalue weighted by Gasteiger charge is 2.10. The number of furan rings is 1. The SMILES string of the molecule is Cn1ccnc1COc1ccc(CN(Cc2ccccc2)Cc2ccco2)cc1. The van der Waals surface area contributed by atoms with Crippen LogP contribution in [0.1, 0.15) is 22.7 Å². The molecule has 2 aromatic heterocycles. The first kappa shape index (κ1) is 19.0. The Morgan fingerprint density at radius 3 is 2.31 bits per heavy atom. The van der Waals surface area contributed by atoms with Crippen LogP contribution >= 0.6 is 0 Å². The van der Waals surface area contributed by atoms with E-state index in [9.17, 15) is 0 Å². The van der Waals surface area contributed by atoms with Crippen molar-refractivity contribution < 1.29 is 9.15 Å². The van der Waals surface area contributed by atoms with Crippen LogP contribution in [0.2, 0.25) is 0 Å². The average Bonchev–Trinajstić information content (AvgIpc) is 3.40. The number of benzene rings is 2. The van der Waals surface area contributed by atoms with Crippen LogP contribution in [0.25, 0.3) is 0 Å². The van der Waals surface area contributed by atoms with E-state index in [4.69, 9.17) is 9.15 Å². The van der Waals surface area contributed by atoms with E-state index in [0.717, 1.165) is 37.0 Å². The summed E-state index contributed by atoms with van der Waals surface area (Å²) in [4.78, 5) is 6.66. The lowest BCUT2D eigenvalue weighted by atomic mass is 10.1. The number of ether oxygens (including phenoxy) is 1. The van der Waals surface area contributed by atoms with E-state index in [1.807, 2.05) is 48.1 Å². The first-order valence-electron chi connectivity index (χ1n) is 9.73. The average molecular weight is 387 g/mol. The molecule has 0 aliphatic heterocycles. The summed E-state index contributed by atoms with van der Waals surface area (Å²) in [6, 6.07) is 22.7. The Labute approximate surface area is 171 Å². The summed E-state index contributed by atoms with van der Waals surface area (Å²) in [5, 5.41) is 0. The van der Waals surface area contributed by atoms with Crippen LogP contribution in [-0.4, -0.2) is 14.5 Å².